The molecule has 0 radical (unpaired) electrons. The Morgan fingerprint density at radius 2 is 1.95 bits per heavy atom. The summed E-state index contributed by atoms with van der Waals surface area (Å²) in [5.74, 6) is -0.868. The molecule has 2 atom stereocenters. The second-order valence-electron chi connectivity index (χ2n) is 5.36. The monoisotopic (exact) mass is 264 g/mol. The second kappa shape index (κ2) is 5.19. The lowest BCUT2D eigenvalue weighted by atomic mass is 9.57. The van der Waals surface area contributed by atoms with E-state index in [1.54, 1.807) is 0 Å². The zero-order valence-electron chi connectivity index (χ0n) is 11.5. The predicted molar refractivity (Wildman–Crippen MR) is 70.2 cm³/mol. The Morgan fingerprint density at radius 1 is 1.32 bits per heavy atom. The molecule has 0 aromatic rings. The van der Waals surface area contributed by atoms with Crippen LogP contribution in [0.5, 0.6) is 0 Å². The van der Waals surface area contributed by atoms with Crippen LogP contribution in [-0.2, 0) is 19.1 Å². The quantitative estimate of drug-likeness (QED) is 0.436. The summed E-state index contributed by atoms with van der Waals surface area (Å²) in [6.45, 7) is 3.98. The zero-order chi connectivity index (χ0) is 14.0. The molecular weight excluding hydrogens is 244 g/mol. The van der Waals surface area contributed by atoms with Crippen molar-refractivity contribution >= 4 is 11.9 Å². The van der Waals surface area contributed by atoms with Gasteiger partial charge in [-0.1, -0.05) is 24.3 Å². The molecule has 104 valence electrons. The van der Waals surface area contributed by atoms with Crippen molar-refractivity contribution in [1.82, 2.24) is 0 Å². The minimum Gasteiger partial charge on any atom is -0.468 e. The van der Waals surface area contributed by atoms with Crippen LogP contribution in [0.1, 0.15) is 25.7 Å². The highest BCUT2D eigenvalue weighted by Gasteiger charge is 2.58. The topological polar surface area (TPSA) is 52.6 Å². The fourth-order valence-corrected chi connectivity index (χ4v) is 3.54. The van der Waals surface area contributed by atoms with Gasteiger partial charge in [-0.05, 0) is 37.5 Å². The first-order chi connectivity index (χ1) is 9.06. The smallest absolute Gasteiger partial charge is 0.323 e. The number of carbonyl (C=O) groups excluding carboxylic acids is 2. The highest BCUT2D eigenvalue weighted by atomic mass is 16.5. The third-order valence-electron chi connectivity index (χ3n) is 4.33. The van der Waals surface area contributed by atoms with Crippen LogP contribution in [0.25, 0.3) is 0 Å². The molecule has 0 N–H and O–H groups in total. The lowest BCUT2D eigenvalue weighted by Gasteiger charge is -2.45. The molecule has 0 aromatic carbocycles. The van der Waals surface area contributed by atoms with E-state index in [0.29, 0.717) is 6.42 Å². The summed E-state index contributed by atoms with van der Waals surface area (Å²) in [5.41, 5.74) is -0.308. The number of carbonyl (C=O) groups is 2. The predicted octanol–water partition coefficient (Wildman–Crippen LogP) is 2.25. The number of hydrogen-bond donors (Lipinski definition) is 0. The Morgan fingerprint density at radius 3 is 2.53 bits per heavy atom. The molecule has 0 heterocycles. The van der Waals surface area contributed by atoms with Gasteiger partial charge in [0, 0.05) is 0 Å². The van der Waals surface area contributed by atoms with Crippen molar-refractivity contribution in [2.75, 3.05) is 14.2 Å². The van der Waals surface area contributed by atoms with E-state index in [4.69, 9.17) is 9.47 Å². The van der Waals surface area contributed by atoms with Crippen LogP contribution in [0.2, 0.25) is 0 Å². The Kier molecular flexibility index (Phi) is 3.78. The van der Waals surface area contributed by atoms with Gasteiger partial charge in [-0.2, -0.15) is 0 Å². The van der Waals surface area contributed by atoms with E-state index in [1.807, 2.05) is 0 Å². The van der Waals surface area contributed by atoms with Gasteiger partial charge < -0.3 is 9.47 Å². The number of rotatable bonds is 2. The molecule has 0 spiro atoms. The molecule has 0 aliphatic heterocycles. The normalized spacial score (nSPS) is 28.4. The number of methoxy groups -OCH3 is 2. The van der Waals surface area contributed by atoms with E-state index in [2.05, 4.69) is 18.7 Å². The molecule has 0 amide bonds. The minimum atomic E-state index is -1.21. The van der Waals surface area contributed by atoms with Gasteiger partial charge in [-0.15, -0.1) is 0 Å². The van der Waals surface area contributed by atoms with Crippen molar-refractivity contribution in [3.63, 3.8) is 0 Å². The number of fused-ring (bicyclic) bond motifs is 1. The van der Waals surface area contributed by atoms with Crippen LogP contribution in [-0.4, -0.2) is 26.2 Å². The summed E-state index contributed by atoms with van der Waals surface area (Å²) >= 11 is 0. The van der Waals surface area contributed by atoms with Gasteiger partial charge in [-0.25, -0.2) is 0 Å². The molecule has 1 fully saturated rings. The second-order valence-corrected chi connectivity index (χ2v) is 5.36. The van der Waals surface area contributed by atoms with Crippen molar-refractivity contribution in [2.24, 2.45) is 17.3 Å². The third-order valence-corrected chi connectivity index (χ3v) is 4.33. The van der Waals surface area contributed by atoms with Crippen molar-refractivity contribution in [3.05, 3.63) is 24.3 Å². The molecule has 0 aromatic heterocycles. The SMILES string of the molecule is C=C1C[C@@H]2C=CCC[C@@H]2C(C(=O)OC)(C(=O)OC)C1. The summed E-state index contributed by atoms with van der Waals surface area (Å²) in [4.78, 5) is 24.6. The number of ether oxygens (including phenoxy) is 2. The van der Waals surface area contributed by atoms with Crippen molar-refractivity contribution < 1.29 is 19.1 Å². The van der Waals surface area contributed by atoms with Gasteiger partial charge in [0.1, 0.15) is 0 Å². The Bertz CT molecular complexity index is 419. The molecule has 19 heavy (non-hydrogen) atoms. The molecule has 4 nitrogen and oxygen atoms in total. The van der Waals surface area contributed by atoms with Crippen molar-refractivity contribution in [2.45, 2.75) is 25.7 Å². The maximum atomic E-state index is 12.3. The molecule has 2 aliphatic carbocycles. The number of esters is 2. The largest absolute Gasteiger partial charge is 0.468 e. The Balaban J connectivity index is 2.49. The van der Waals surface area contributed by atoms with Crippen molar-refractivity contribution in [3.8, 4) is 0 Å². The molecular formula is C15H20O4. The van der Waals surface area contributed by atoms with Crippen LogP contribution in [0.3, 0.4) is 0 Å². The van der Waals surface area contributed by atoms with E-state index < -0.39 is 17.4 Å². The third kappa shape index (κ3) is 2.09. The lowest BCUT2D eigenvalue weighted by molar-refractivity contribution is -0.177. The first-order valence-electron chi connectivity index (χ1n) is 6.56. The van der Waals surface area contributed by atoms with Gasteiger partial charge in [0.25, 0.3) is 0 Å². The van der Waals surface area contributed by atoms with Crippen LogP contribution in [0.15, 0.2) is 24.3 Å². The highest BCUT2D eigenvalue weighted by Crippen LogP contribution is 2.51. The van der Waals surface area contributed by atoms with Crippen LogP contribution in [0.4, 0.5) is 0 Å². The fraction of sp³-hybridized carbons (Fsp3) is 0.600. The van der Waals surface area contributed by atoms with E-state index in [9.17, 15) is 9.59 Å². The first kappa shape index (κ1) is 13.8. The Hall–Kier alpha value is -1.58. The summed E-state index contributed by atoms with van der Waals surface area (Å²) < 4.78 is 9.82. The minimum absolute atomic E-state index is 0.0529. The van der Waals surface area contributed by atoms with Gasteiger partial charge in [0.15, 0.2) is 5.41 Å². The maximum absolute atomic E-state index is 12.3. The molecule has 4 heteroatoms. The van der Waals surface area contributed by atoms with Gasteiger partial charge in [0.2, 0.25) is 0 Å². The molecule has 0 saturated heterocycles. The number of allylic oxidation sites excluding steroid dienone is 3. The fourth-order valence-electron chi connectivity index (χ4n) is 3.54. The lowest BCUT2D eigenvalue weighted by Crippen LogP contribution is -2.52. The molecule has 2 rings (SSSR count). The van der Waals surface area contributed by atoms with E-state index in [-0.39, 0.29) is 11.8 Å². The van der Waals surface area contributed by atoms with Gasteiger partial charge >= 0.3 is 11.9 Å². The maximum Gasteiger partial charge on any atom is 0.323 e. The van der Waals surface area contributed by atoms with E-state index >= 15 is 0 Å². The summed E-state index contributed by atoms with van der Waals surface area (Å²) in [6.07, 6.45) is 7.05. The van der Waals surface area contributed by atoms with Gasteiger partial charge in [0.05, 0.1) is 14.2 Å². The zero-order valence-corrected chi connectivity index (χ0v) is 11.5. The van der Waals surface area contributed by atoms with Gasteiger partial charge in [-0.3, -0.25) is 9.59 Å². The molecule has 0 unspecified atom stereocenters. The molecule has 0 bridgehead atoms. The van der Waals surface area contributed by atoms with E-state index in [0.717, 1.165) is 24.8 Å². The summed E-state index contributed by atoms with van der Waals surface area (Å²) in [5, 5.41) is 0. The standard InChI is InChI=1S/C15H20O4/c1-10-8-11-6-4-5-7-12(11)15(9-10,13(16)18-2)14(17)19-3/h4,6,11-12H,1,5,7-9H2,2-3H3/t11-,12-/m0/s1. The molecule has 2 aliphatic rings. The Labute approximate surface area is 113 Å². The average molecular weight is 264 g/mol. The average Bonchev–Trinajstić information content (AvgIpc) is 2.44. The van der Waals surface area contributed by atoms with Crippen molar-refractivity contribution in [1.29, 1.82) is 0 Å². The first-order valence-corrected chi connectivity index (χ1v) is 6.56. The highest BCUT2D eigenvalue weighted by molar-refractivity contribution is 6.01. The van der Waals surface area contributed by atoms with Crippen LogP contribution in [0, 0.1) is 17.3 Å². The van der Waals surface area contributed by atoms with E-state index in [1.165, 1.54) is 14.2 Å². The summed E-state index contributed by atoms with van der Waals surface area (Å²) in [7, 11) is 2.64. The number of hydrogen-bond acceptors (Lipinski definition) is 4. The van der Waals surface area contributed by atoms with Crippen LogP contribution >= 0.6 is 0 Å². The molecule has 1 saturated carbocycles. The summed E-state index contributed by atoms with van der Waals surface area (Å²) in [6, 6.07) is 0. The van der Waals surface area contributed by atoms with Crippen LogP contribution < -0.4 is 0 Å².